The highest BCUT2D eigenvalue weighted by Gasteiger charge is 2.05. The second-order valence-corrected chi connectivity index (χ2v) is 3.75. The number of ether oxygens (including phenoxy) is 2. The number of aromatic nitrogens is 1. The largest absolute Gasteiger partial charge is 0.494 e. The van der Waals surface area contributed by atoms with E-state index in [2.05, 4.69) is 4.98 Å². The zero-order valence-electron chi connectivity index (χ0n) is 10.1. The van der Waals surface area contributed by atoms with E-state index in [1.807, 2.05) is 31.2 Å². The number of nitrogens with zero attached hydrogens (tertiary/aromatic N) is 1. The second-order valence-electron chi connectivity index (χ2n) is 3.75. The molecule has 0 amide bonds. The Kier molecular flexibility index (Phi) is 3.44. The fourth-order valence-corrected chi connectivity index (χ4v) is 1.77. The van der Waals surface area contributed by atoms with E-state index in [4.69, 9.17) is 15.2 Å². The molecule has 2 N–H and O–H groups in total. The lowest BCUT2D eigenvalue weighted by atomic mass is 10.1. The molecule has 0 fully saturated rings. The number of benzene rings is 1. The molecule has 4 nitrogen and oxygen atoms in total. The van der Waals surface area contributed by atoms with Crippen LogP contribution in [-0.4, -0.2) is 18.7 Å². The van der Waals surface area contributed by atoms with Gasteiger partial charge in [-0.3, -0.25) is 4.98 Å². The third-order valence-corrected chi connectivity index (χ3v) is 2.47. The Morgan fingerprint density at radius 2 is 2.12 bits per heavy atom. The molecule has 0 saturated heterocycles. The van der Waals surface area contributed by atoms with Crippen LogP contribution in [0.15, 0.2) is 24.3 Å². The molecule has 0 bridgehead atoms. The Morgan fingerprint density at radius 1 is 1.29 bits per heavy atom. The summed E-state index contributed by atoms with van der Waals surface area (Å²) in [6, 6.07) is 7.56. The molecular weight excluding hydrogens is 216 g/mol. The first-order chi connectivity index (χ1) is 8.24. The van der Waals surface area contributed by atoms with Crippen molar-refractivity contribution in [1.29, 1.82) is 0 Å². The molecule has 0 radical (unpaired) electrons. The molecule has 2 rings (SSSR count). The molecule has 90 valence electrons. The Labute approximate surface area is 100 Å². The molecule has 0 unspecified atom stereocenters. The molecule has 2 aromatic rings. The number of rotatable bonds is 4. The minimum Gasteiger partial charge on any atom is -0.494 e. The molecule has 1 aromatic heterocycles. The van der Waals surface area contributed by atoms with Crippen LogP contribution < -0.4 is 10.5 Å². The van der Waals surface area contributed by atoms with E-state index >= 15 is 0 Å². The standard InChI is InChI=1S/C13H16N2O2/c1-3-17-10-4-5-13-11(7-10)12(14)6-9(15-13)8-16-2/h4-7H,3,8H2,1-2H3,(H2,14,15). The van der Waals surface area contributed by atoms with E-state index in [0.29, 0.717) is 18.9 Å². The maximum Gasteiger partial charge on any atom is 0.120 e. The van der Waals surface area contributed by atoms with Crippen molar-refractivity contribution in [2.24, 2.45) is 0 Å². The van der Waals surface area contributed by atoms with Gasteiger partial charge in [0.05, 0.1) is 24.4 Å². The zero-order chi connectivity index (χ0) is 12.3. The predicted octanol–water partition coefficient (Wildman–Crippen LogP) is 2.36. The minimum atomic E-state index is 0.466. The molecule has 0 aliphatic rings. The first kappa shape index (κ1) is 11.7. The van der Waals surface area contributed by atoms with E-state index in [9.17, 15) is 0 Å². The van der Waals surface area contributed by atoms with Gasteiger partial charge in [-0.2, -0.15) is 0 Å². The van der Waals surface area contributed by atoms with Gasteiger partial charge in [0, 0.05) is 18.2 Å². The van der Waals surface area contributed by atoms with Crippen molar-refractivity contribution < 1.29 is 9.47 Å². The topological polar surface area (TPSA) is 57.4 Å². The highest BCUT2D eigenvalue weighted by molar-refractivity contribution is 5.91. The first-order valence-corrected chi connectivity index (χ1v) is 5.55. The number of fused-ring (bicyclic) bond motifs is 1. The molecule has 1 heterocycles. The number of nitrogens with two attached hydrogens (primary N) is 1. The van der Waals surface area contributed by atoms with E-state index in [0.717, 1.165) is 22.3 Å². The van der Waals surface area contributed by atoms with E-state index < -0.39 is 0 Å². The third-order valence-electron chi connectivity index (χ3n) is 2.47. The van der Waals surface area contributed by atoms with Crippen LogP contribution in [0.5, 0.6) is 5.75 Å². The molecule has 0 spiro atoms. The third kappa shape index (κ3) is 2.47. The lowest BCUT2D eigenvalue weighted by molar-refractivity contribution is 0.182. The molecule has 1 aromatic carbocycles. The summed E-state index contributed by atoms with van der Waals surface area (Å²) in [7, 11) is 1.64. The van der Waals surface area contributed by atoms with Crippen LogP contribution in [-0.2, 0) is 11.3 Å². The summed E-state index contributed by atoms with van der Waals surface area (Å²) in [5.74, 6) is 0.813. The number of anilines is 1. The van der Waals surface area contributed by atoms with Crippen molar-refractivity contribution in [2.75, 3.05) is 19.5 Å². The number of nitrogen functional groups attached to an aromatic ring is 1. The summed E-state index contributed by atoms with van der Waals surface area (Å²) in [5.41, 5.74) is 8.40. The van der Waals surface area contributed by atoms with Gasteiger partial charge in [-0.05, 0) is 31.2 Å². The van der Waals surface area contributed by atoms with Crippen molar-refractivity contribution in [3.8, 4) is 5.75 Å². The quantitative estimate of drug-likeness (QED) is 0.879. The maximum absolute atomic E-state index is 6.00. The normalized spacial score (nSPS) is 10.7. The van der Waals surface area contributed by atoms with Gasteiger partial charge in [0.2, 0.25) is 0 Å². The Morgan fingerprint density at radius 3 is 2.82 bits per heavy atom. The summed E-state index contributed by atoms with van der Waals surface area (Å²) in [6.07, 6.45) is 0. The second kappa shape index (κ2) is 5.01. The molecule has 4 heteroatoms. The van der Waals surface area contributed by atoms with Crippen LogP contribution >= 0.6 is 0 Å². The fraction of sp³-hybridized carbons (Fsp3) is 0.308. The zero-order valence-corrected chi connectivity index (χ0v) is 10.1. The molecule has 0 atom stereocenters. The SMILES string of the molecule is CCOc1ccc2nc(COC)cc(N)c2c1. The van der Waals surface area contributed by atoms with Crippen molar-refractivity contribution in [2.45, 2.75) is 13.5 Å². The van der Waals surface area contributed by atoms with Crippen LogP contribution in [0.4, 0.5) is 5.69 Å². The summed E-state index contributed by atoms with van der Waals surface area (Å²) in [5, 5.41) is 0.913. The molecule has 0 aliphatic carbocycles. The number of hydrogen-bond donors (Lipinski definition) is 1. The Balaban J connectivity index is 2.48. The van der Waals surface area contributed by atoms with Gasteiger partial charge >= 0.3 is 0 Å². The predicted molar refractivity (Wildman–Crippen MR) is 68.0 cm³/mol. The van der Waals surface area contributed by atoms with Crippen molar-refractivity contribution in [3.05, 3.63) is 30.0 Å². The van der Waals surface area contributed by atoms with Gasteiger partial charge in [-0.15, -0.1) is 0 Å². The highest BCUT2D eigenvalue weighted by Crippen LogP contribution is 2.25. The monoisotopic (exact) mass is 232 g/mol. The molecular formula is C13H16N2O2. The van der Waals surface area contributed by atoms with E-state index in [1.54, 1.807) is 7.11 Å². The van der Waals surface area contributed by atoms with Crippen LogP contribution in [0, 0.1) is 0 Å². The average Bonchev–Trinajstić information content (AvgIpc) is 2.31. The van der Waals surface area contributed by atoms with Gasteiger partial charge < -0.3 is 15.2 Å². The molecule has 0 saturated carbocycles. The number of methoxy groups -OCH3 is 1. The fourth-order valence-electron chi connectivity index (χ4n) is 1.77. The Hall–Kier alpha value is -1.81. The summed E-state index contributed by atoms with van der Waals surface area (Å²) in [4.78, 5) is 4.47. The average molecular weight is 232 g/mol. The molecule has 0 aliphatic heterocycles. The summed E-state index contributed by atoms with van der Waals surface area (Å²) < 4.78 is 10.5. The number of pyridine rings is 1. The van der Waals surface area contributed by atoms with Gasteiger partial charge in [-0.25, -0.2) is 0 Å². The molecule has 17 heavy (non-hydrogen) atoms. The van der Waals surface area contributed by atoms with Gasteiger partial charge in [0.15, 0.2) is 0 Å². The van der Waals surface area contributed by atoms with Crippen molar-refractivity contribution in [1.82, 2.24) is 4.98 Å². The Bertz CT molecular complexity index is 526. The van der Waals surface area contributed by atoms with Gasteiger partial charge in [0.25, 0.3) is 0 Å². The van der Waals surface area contributed by atoms with Crippen molar-refractivity contribution in [3.63, 3.8) is 0 Å². The highest BCUT2D eigenvalue weighted by atomic mass is 16.5. The first-order valence-electron chi connectivity index (χ1n) is 5.55. The summed E-state index contributed by atoms with van der Waals surface area (Å²) in [6.45, 7) is 3.06. The van der Waals surface area contributed by atoms with Crippen LogP contribution in [0.3, 0.4) is 0 Å². The van der Waals surface area contributed by atoms with Gasteiger partial charge in [0.1, 0.15) is 5.75 Å². The van der Waals surface area contributed by atoms with Gasteiger partial charge in [-0.1, -0.05) is 0 Å². The lowest BCUT2D eigenvalue weighted by Gasteiger charge is -2.08. The van der Waals surface area contributed by atoms with Crippen molar-refractivity contribution >= 4 is 16.6 Å². The van der Waals surface area contributed by atoms with E-state index in [1.165, 1.54) is 0 Å². The maximum atomic E-state index is 6.00. The van der Waals surface area contributed by atoms with E-state index in [-0.39, 0.29) is 0 Å². The van der Waals surface area contributed by atoms with Crippen LogP contribution in [0.1, 0.15) is 12.6 Å². The van der Waals surface area contributed by atoms with Crippen LogP contribution in [0.25, 0.3) is 10.9 Å². The lowest BCUT2D eigenvalue weighted by Crippen LogP contribution is -1.98. The smallest absolute Gasteiger partial charge is 0.120 e. The number of hydrogen-bond acceptors (Lipinski definition) is 4. The minimum absolute atomic E-state index is 0.466. The van der Waals surface area contributed by atoms with Crippen LogP contribution in [0.2, 0.25) is 0 Å². The summed E-state index contributed by atoms with van der Waals surface area (Å²) >= 11 is 0.